The highest BCUT2D eigenvalue weighted by atomic mass is 79.9. The van der Waals surface area contributed by atoms with Crippen molar-refractivity contribution in [3.63, 3.8) is 0 Å². The predicted molar refractivity (Wildman–Crippen MR) is 76.5 cm³/mol. The van der Waals surface area contributed by atoms with Gasteiger partial charge in [-0.05, 0) is 47.3 Å². The SMILES string of the molecule is Cc1sc(C(O)CCc2ccccc2)cc1Br. The van der Waals surface area contributed by atoms with Gasteiger partial charge in [0.2, 0.25) is 0 Å². The highest BCUT2D eigenvalue weighted by molar-refractivity contribution is 9.10. The second-order valence-corrected chi connectivity index (χ2v) is 6.24. The van der Waals surface area contributed by atoms with Crippen LogP contribution in [0.1, 0.15) is 27.8 Å². The van der Waals surface area contributed by atoms with Gasteiger partial charge in [0.15, 0.2) is 0 Å². The van der Waals surface area contributed by atoms with Crippen LogP contribution in [-0.4, -0.2) is 5.11 Å². The van der Waals surface area contributed by atoms with E-state index >= 15 is 0 Å². The van der Waals surface area contributed by atoms with Crippen LogP contribution < -0.4 is 0 Å². The standard InChI is InChI=1S/C14H15BrOS/c1-10-12(15)9-14(17-10)13(16)8-7-11-5-3-2-4-6-11/h2-6,9,13,16H,7-8H2,1H3. The van der Waals surface area contributed by atoms with Gasteiger partial charge < -0.3 is 5.11 Å². The van der Waals surface area contributed by atoms with Crippen LogP contribution in [0.2, 0.25) is 0 Å². The molecule has 0 aliphatic carbocycles. The number of hydrogen-bond donors (Lipinski definition) is 1. The zero-order valence-electron chi connectivity index (χ0n) is 9.69. The summed E-state index contributed by atoms with van der Waals surface area (Å²) in [5.74, 6) is 0. The summed E-state index contributed by atoms with van der Waals surface area (Å²) in [6.45, 7) is 2.06. The predicted octanol–water partition coefficient (Wildman–Crippen LogP) is 4.49. The second-order valence-electron chi connectivity index (χ2n) is 4.09. The van der Waals surface area contributed by atoms with Gasteiger partial charge in [0.05, 0.1) is 6.10 Å². The number of aliphatic hydroxyl groups excluding tert-OH is 1. The van der Waals surface area contributed by atoms with E-state index in [1.807, 2.05) is 24.3 Å². The lowest BCUT2D eigenvalue weighted by Crippen LogP contribution is -1.97. The van der Waals surface area contributed by atoms with Crippen LogP contribution in [0, 0.1) is 6.92 Å². The third kappa shape index (κ3) is 3.41. The van der Waals surface area contributed by atoms with E-state index in [0.717, 1.165) is 22.2 Å². The summed E-state index contributed by atoms with van der Waals surface area (Å²) in [6, 6.07) is 12.3. The van der Waals surface area contributed by atoms with Crippen molar-refractivity contribution in [3.05, 3.63) is 56.2 Å². The number of hydrogen-bond acceptors (Lipinski definition) is 2. The lowest BCUT2D eigenvalue weighted by atomic mass is 10.1. The fraction of sp³-hybridized carbons (Fsp3) is 0.286. The lowest BCUT2D eigenvalue weighted by Gasteiger charge is -2.08. The van der Waals surface area contributed by atoms with Crippen LogP contribution in [0.5, 0.6) is 0 Å². The van der Waals surface area contributed by atoms with Crippen molar-refractivity contribution in [2.75, 3.05) is 0 Å². The molecule has 2 aromatic rings. The minimum absolute atomic E-state index is 0.356. The number of benzene rings is 1. The molecule has 1 aromatic heterocycles. The molecule has 1 unspecified atom stereocenters. The molecule has 0 bridgehead atoms. The van der Waals surface area contributed by atoms with E-state index in [1.165, 1.54) is 10.4 Å². The van der Waals surface area contributed by atoms with Crippen molar-refractivity contribution in [1.82, 2.24) is 0 Å². The van der Waals surface area contributed by atoms with Crippen LogP contribution in [0.3, 0.4) is 0 Å². The Balaban J connectivity index is 1.96. The molecule has 0 saturated carbocycles. The Bertz CT molecular complexity index is 459. The van der Waals surface area contributed by atoms with Crippen molar-refractivity contribution in [2.24, 2.45) is 0 Å². The number of aliphatic hydroxyl groups is 1. The van der Waals surface area contributed by atoms with Crippen molar-refractivity contribution >= 4 is 27.3 Å². The van der Waals surface area contributed by atoms with Crippen molar-refractivity contribution in [1.29, 1.82) is 0 Å². The van der Waals surface area contributed by atoms with E-state index in [0.29, 0.717) is 0 Å². The Morgan fingerprint density at radius 2 is 2.00 bits per heavy atom. The Morgan fingerprint density at radius 1 is 1.29 bits per heavy atom. The molecule has 1 atom stereocenters. The van der Waals surface area contributed by atoms with Gasteiger partial charge in [-0.1, -0.05) is 30.3 Å². The molecule has 1 N–H and O–H groups in total. The molecule has 0 fully saturated rings. The molecule has 2 rings (SSSR count). The minimum atomic E-state index is -0.356. The molecular formula is C14H15BrOS. The summed E-state index contributed by atoms with van der Waals surface area (Å²) in [5.41, 5.74) is 1.28. The van der Waals surface area contributed by atoms with Crippen LogP contribution in [0.15, 0.2) is 40.9 Å². The third-order valence-electron chi connectivity index (χ3n) is 2.75. The van der Waals surface area contributed by atoms with E-state index in [4.69, 9.17) is 0 Å². The van der Waals surface area contributed by atoms with Crippen molar-refractivity contribution in [2.45, 2.75) is 25.9 Å². The maximum Gasteiger partial charge on any atom is 0.0885 e. The average molecular weight is 311 g/mol. The molecule has 0 radical (unpaired) electrons. The zero-order valence-corrected chi connectivity index (χ0v) is 12.1. The average Bonchev–Trinajstić information content (AvgIpc) is 2.68. The summed E-state index contributed by atoms with van der Waals surface area (Å²) < 4.78 is 1.09. The highest BCUT2D eigenvalue weighted by Gasteiger charge is 2.12. The van der Waals surface area contributed by atoms with Crippen LogP contribution in [-0.2, 0) is 6.42 Å². The summed E-state index contributed by atoms with van der Waals surface area (Å²) >= 11 is 5.14. The van der Waals surface area contributed by atoms with Crippen LogP contribution >= 0.6 is 27.3 Å². The smallest absolute Gasteiger partial charge is 0.0885 e. The summed E-state index contributed by atoms with van der Waals surface area (Å²) in [5, 5.41) is 10.1. The Labute approximate surface area is 114 Å². The minimum Gasteiger partial charge on any atom is -0.388 e. The van der Waals surface area contributed by atoms with Crippen molar-refractivity contribution < 1.29 is 5.11 Å². The molecule has 1 heterocycles. The number of thiophene rings is 1. The molecule has 0 amide bonds. The first-order valence-corrected chi connectivity index (χ1v) is 7.25. The van der Waals surface area contributed by atoms with Gasteiger partial charge in [-0.15, -0.1) is 11.3 Å². The van der Waals surface area contributed by atoms with Gasteiger partial charge in [0.1, 0.15) is 0 Å². The quantitative estimate of drug-likeness (QED) is 0.882. The van der Waals surface area contributed by atoms with Gasteiger partial charge in [0.25, 0.3) is 0 Å². The molecular weight excluding hydrogens is 296 g/mol. The fourth-order valence-electron chi connectivity index (χ4n) is 1.74. The Kier molecular flexibility index (Phi) is 4.37. The largest absolute Gasteiger partial charge is 0.388 e. The summed E-state index contributed by atoms with van der Waals surface area (Å²) in [7, 11) is 0. The van der Waals surface area contributed by atoms with Gasteiger partial charge >= 0.3 is 0 Å². The molecule has 0 spiro atoms. The van der Waals surface area contributed by atoms with E-state index < -0.39 is 0 Å². The summed E-state index contributed by atoms with van der Waals surface area (Å²) in [4.78, 5) is 2.27. The van der Waals surface area contributed by atoms with Crippen LogP contribution in [0.4, 0.5) is 0 Å². The molecule has 90 valence electrons. The maximum atomic E-state index is 10.1. The number of rotatable bonds is 4. The number of aryl methyl sites for hydroxylation is 2. The normalized spacial score (nSPS) is 12.6. The van der Waals surface area contributed by atoms with E-state index in [2.05, 4.69) is 35.0 Å². The monoisotopic (exact) mass is 310 g/mol. The Morgan fingerprint density at radius 3 is 2.59 bits per heavy atom. The first-order valence-electron chi connectivity index (χ1n) is 5.64. The zero-order chi connectivity index (χ0) is 12.3. The van der Waals surface area contributed by atoms with Crippen LogP contribution in [0.25, 0.3) is 0 Å². The van der Waals surface area contributed by atoms with E-state index in [1.54, 1.807) is 11.3 Å². The molecule has 1 aromatic carbocycles. The molecule has 0 saturated heterocycles. The van der Waals surface area contributed by atoms with Crippen molar-refractivity contribution in [3.8, 4) is 0 Å². The Hall–Kier alpha value is -0.640. The lowest BCUT2D eigenvalue weighted by molar-refractivity contribution is 0.171. The molecule has 0 aliphatic heterocycles. The molecule has 0 aliphatic rings. The third-order valence-corrected chi connectivity index (χ3v) is 4.99. The molecule has 17 heavy (non-hydrogen) atoms. The topological polar surface area (TPSA) is 20.2 Å². The van der Waals surface area contributed by atoms with Gasteiger partial charge in [-0.2, -0.15) is 0 Å². The van der Waals surface area contributed by atoms with Gasteiger partial charge in [0, 0.05) is 14.2 Å². The molecule has 3 heteroatoms. The van der Waals surface area contributed by atoms with E-state index in [-0.39, 0.29) is 6.10 Å². The first-order chi connectivity index (χ1) is 8.16. The van der Waals surface area contributed by atoms with Gasteiger partial charge in [-0.25, -0.2) is 0 Å². The van der Waals surface area contributed by atoms with Gasteiger partial charge in [-0.3, -0.25) is 0 Å². The summed E-state index contributed by atoms with van der Waals surface area (Å²) in [6.07, 6.45) is 1.33. The highest BCUT2D eigenvalue weighted by Crippen LogP contribution is 2.32. The van der Waals surface area contributed by atoms with E-state index in [9.17, 15) is 5.11 Å². The number of halogens is 1. The second kappa shape index (κ2) is 5.80. The first kappa shape index (κ1) is 12.8. The fourth-order valence-corrected chi connectivity index (χ4v) is 3.32. The maximum absolute atomic E-state index is 10.1. The molecule has 1 nitrogen and oxygen atoms in total.